The fourth-order valence-corrected chi connectivity index (χ4v) is 5.00. The molecule has 0 aromatic heterocycles. The number of carboxylic acid groups (broad SMARTS) is 1. The molecule has 2 N–H and O–H groups in total. The third-order valence-corrected chi connectivity index (χ3v) is 6.90. The highest BCUT2D eigenvalue weighted by Crippen LogP contribution is 2.22. The van der Waals surface area contributed by atoms with Gasteiger partial charge in [0.15, 0.2) is 0 Å². The first-order valence-corrected chi connectivity index (χ1v) is 13.1. The fourth-order valence-electron chi connectivity index (χ4n) is 3.81. The molecule has 1 saturated heterocycles. The highest BCUT2D eigenvalue weighted by molar-refractivity contribution is 8.00. The van der Waals surface area contributed by atoms with Crippen LogP contribution in [-0.4, -0.2) is 82.7 Å². The first-order chi connectivity index (χ1) is 15.8. The van der Waals surface area contributed by atoms with Gasteiger partial charge in [0, 0.05) is 12.3 Å². The predicted molar refractivity (Wildman–Crippen MR) is 127 cm³/mol. The van der Waals surface area contributed by atoms with Crippen LogP contribution in [0.25, 0.3) is 0 Å². The number of hydrogen-bond donors (Lipinski definition) is 2. The zero-order valence-electron chi connectivity index (χ0n) is 20.3. The van der Waals surface area contributed by atoms with Crippen molar-refractivity contribution < 1.29 is 33.8 Å². The van der Waals surface area contributed by atoms with E-state index < -0.39 is 35.3 Å². The van der Waals surface area contributed by atoms with Crippen molar-refractivity contribution in [3.8, 4) is 0 Å². The minimum Gasteiger partial charge on any atom is -0.480 e. The Bertz CT molecular complexity index is 646. The number of aliphatic carboxylic acids is 1. The highest BCUT2D eigenvalue weighted by atomic mass is 32.2. The summed E-state index contributed by atoms with van der Waals surface area (Å²) in [5, 5.41) is 12.0. The van der Waals surface area contributed by atoms with Crippen molar-refractivity contribution in [3.05, 3.63) is 0 Å². The molecule has 1 heterocycles. The Balaban J connectivity index is 2.81. The van der Waals surface area contributed by atoms with E-state index in [1.54, 1.807) is 20.8 Å². The molecule has 1 unspecified atom stereocenters. The van der Waals surface area contributed by atoms with Crippen molar-refractivity contribution in [2.45, 2.75) is 96.0 Å². The van der Waals surface area contributed by atoms with Gasteiger partial charge in [-0.05, 0) is 40.0 Å². The molecule has 4 atom stereocenters. The second-order valence-electron chi connectivity index (χ2n) is 8.14. The van der Waals surface area contributed by atoms with Crippen LogP contribution >= 0.6 is 11.8 Å². The zero-order valence-corrected chi connectivity index (χ0v) is 21.2. The van der Waals surface area contributed by atoms with Gasteiger partial charge in [-0.1, -0.05) is 32.6 Å². The van der Waals surface area contributed by atoms with Crippen LogP contribution in [0.3, 0.4) is 0 Å². The van der Waals surface area contributed by atoms with Gasteiger partial charge in [0.05, 0.1) is 19.3 Å². The molecule has 1 aliphatic rings. The number of thioether (sulfide) groups is 1. The van der Waals surface area contributed by atoms with Crippen molar-refractivity contribution in [2.75, 3.05) is 25.5 Å². The largest absolute Gasteiger partial charge is 0.480 e. The molecule has 10 heteroatoms. The summed E-state index contributed by atoms with van der Waals surface area (Å²) in [6.45, 7) is 8.05. The van der Waals surface area contributed by atoms with Crippen LogP contribution in [0, 0.1) is 0 Å². The molecule has 0 bridgehead atoms. The number of nitrogens with one attached hydrogen (secondary N) is 1. The third-order valence-electron chi connectivity index (χ3n) is 5.55. The van der Waals surface area contributed by atoms with Crippen molar-refractivity contribution in [3.63, 3.8) is 0 Å². The van der Waals surface area contributed by atoms with Crippen LogP contribution in [0.2, 0.25) is 0 Å². The summed E-state index contributed by atoms with van der Waals surface area (Å²) in [5.74, 6) is -1.95. The topological polar surface area (TPSA) is 122 Å². The number of rotatable bonds is 16. The average Bonchev–Trinajstić information content (AvgIpc) is 3.27. The number of carbonyl (C=O) groups is 4. The molecule has 0 radical (unpaired) electrons. The molecule has 0 aromatic rings. The number of unbranched alkanes of at least 4 members (excludes halogenated alkanes) is 3. The maximum absolute atomic E-state index is 12.9. The van der Waals surface area contributed by atoms with Gasteiger partial charge in [0.2, 0.25) is 5.91 Å². The van der Waals surface area contributed by atoms with E-state index in [9.17, 15) is 24.3 Å². The molecule has 9 nitrogen and oxygen atoms in total. The molecule has 0 aliphatic carbocycles. The maximum Gasteiger partial charge on any atom is 0.326 e. The average molecular weight is 489 g/mol. The summed E-state index contributed by atoms with van der Waals surface area (Å²) in [4.78, 5) is 50.7. The van der Waals surface area contributed by atoms with Crippen molar-refractivity contribution in [1.82, 2.24) is 10.2 Å². The van der Waals surface area contributed by atoms with Crippen LogP contribution in [0.15, 0.2) is 0 Å². The van der Waals surface area contributed by atoms with E-state index in [1.165, 1.54) is 16.7 Å². The van der Waals surface area contributed by atoms with E-state index in [0.717, 1.165) is 25.7 Å². The summed E-state index contributed by atoms with van der Waals surface area (Å²) in [6, 6.07) is -2.42. The van der Waals surface area contributed by atoms with E-state index in [0.29, 0.717) is 25.8 Å². The summed E-state index contributed by atoms with van der Waals surface area (Å²) >= 11 is 1.32. The van der Waals surface area contributed by atoms with Gasteiger partial charge in [0.1, 0.15) is 17.3 Å². The molecule has 0 aromatic carbocycles. The predicted octanol–water partition coefficient (Wildman–Crippen LogP) is 2.61. The van der Waals surface area contributed by atoms with Gasteiger partial charge < -0.3 is 19.5 Å². The minimum absolute atomic E-state index is 0.190. The monoisotopic (exact) mass is 488 g/mol. The normalized spacial score (nSPS) is 18.4. The first kappa shape index (κ1) is 29.2. The Morgan fingerprint density at radius 1 is 1.06 bits per heavy atom. The van der Waals surface area contributed by atoms with Crippen LogP contribution in [0.4, 0.5) is 0 Å². The zero-order chi connectivity index (χ0) is 24.8. The number of ether oxygens (including phenoxy) is 2. The van der Waals surface area contributed by atoms with Gasteiger partial charge in [-0.25, -0.2) is 4.79 Å². The second kappa shape index (κ2) is 15.9. The SMILES string of the molecule is CCCCCCC(SC[C@H](N[C@@H](C)C(=O)N1CCC[C@H]1C(=O)O)C(=O)OCC)C(=O)OCC. The Morgan fingerprint density at radius 2 is 1.73 bits per heavy atom. The lowest BCUT2D eigenvalue weighted by atomic mass is 10.1. The molecule has 1 aliphatic heterocycles. The number of hydrogen-bond acceptors (Lipinski definition) is 8. The van der Waals surface area contributed by atoms with Crippen LogP contribution in [0.5, 0.6) is 0 Å². The Morgan fingerprint density at radius 3 is 2.33 bits per heavy atom. The molecular weight excluding hydrogens is 448 g/mol. The van der Waals surface area contributed by atoms with Gasteiger partial charge in [-0.2, -0.15) is 0 Å². The molecule has 0 saturated carbocycles. The van der Waals surface area contributed by atoms with Gasteiger partial charge in [-0.15, -0.1) is 11.8 Å². The lowest BCUT2D eigenvalue weighted by Crippen LogP contribution is -2.54. The third kappa shape index (κ3) is 9.92. The first-order valence-electron chi connectivity index (χ1n) is 12.0. The standard InChI is InChI=1S/C23H40N2O7S/c1-5-8-9-10-13-19(23(30)32-7-3)33-15-17(22(29)31-6-2)24-16(4)20(26)25-14-11-12-18(25)21(27)28/h16-19,24H,5-15H2,1-4H3,(H,27,28)/t16-,17-,18-,19?/m0/s1. The molecule has 1 fully saturated rings. The molecule has 1 amide bonds. The number of amides is 1. The number of likely N-dealkylation sites (tertiary alicyclic amines) is 1. The second-order valence-corrected chi connectivity index (χ2v) is 9.38. The summed E-state index contributed by atoms with van der Waals surface area (Å²) in [5.41, 5.74) is 0. The number of carbonyl (C=O) groups excluding carboxylic acids is 3. The lowest BCUT2D eigenvalue weighted by molar-refractivity contribution is -0.150. The van der Waals surface area contributed by atoms with Crippen molar-refractivity contribution in [1.29, 1.82) is 0 Å². The van der Waals surface area contributed by atoms with Crippen molar-refractivity contribution in [2.24, 2.45) is 0 Å². The van der Waals surface area contributed by atoms with E-state index in [4.69, 9.17) is 9.47 Å². The Kier molecular flexibility index (Phi) is 14.1. The Labute approximate surface area is 201 Å². The van der Waals surface area contributed by atoms with Crippen LogP contribution < -0.4 is 5.32 Å². The number of esters is 2. The molecule has 190 valence electrons. The summed E-state index contributed by atoms with van der Waals surface area (Å²) in [6.07, 6.45) is 5.82. The highest BCUT2D eigenvalue weighted by Gasteiger charge is 2.37. The van der Waals surface area contributed by atoms with E-state index in [-0.39, 0.29) is 30.8 Å². The Hall–Kier alpha value is -1.81. The van der Waals surface area contributed by atoms with E-state index >= 15 is 0 Å². The lowest BCUT2D eigenvalue weighted by Gasteiger charge is -2.28. The maximum atomic E-state index is 12.9. The van der Waals surface area contributed by atoms with E-state index in [2.05, 4.69) is 12.2 Å². The van der Waals surface area contributed by atoms with Gasteiger partial charge >= 0.3 is 17.9 Å². The quantitative estimate of drug-likeness (QED) is 0.249. The van der Waals surface area contributed by atoms with Gasteiger partial charge in [0.25, 0.3) is 0 Å². The minimum atomic E-state index is -1.02. The van der Waals surface area contributed by atoms with Gasteiger partial charge in [-0.3, -0.25) is 19.7 Å². The summed E-state index contributed by atoms with van der Waals surface area (Å²) < 4.78 is 10.4. The summed E-state index contributed by atoms with van der Waals surface area (Å²) in [7, 11) is 0. The number of nitrogens with zero attached hydrogens (tertiary/aromatic N) is 1. The molecule has 33 heavy (non-hydrogen) atoms. The molecule has 0 spiro atoms. The fraction of sp³-hybridized carbons (Fsp3) is 0.826. The van der Waals surface area contributed by atoms with Crippen molar-refractivity contribution >= 4 is 35.6 Å². The smallest absolute Gasteiger partial charge is 0.326 e. The molecule has 1 rings (SSSR count). The molecular formula is C23H40N2O7S. The van der Waals surface area contributed by atoms with E-state index in [1.807, 2.05) is 0 Å². The van der Waals surface area contributed by atoms with Crippen LogP contribution in [0.1, 0.15) is 72.6 Å². The van der Waals surface area contributed by atoms with Crippen LogP contribution in [-0.2, 0) is 28.7 Å². The number of carboxylic acids is 1.